The van der Waals surface area contributed by atoms with E-state index in [2.05, 4.69) is 22.5 Å². The molecule has 0 spiro atoms. The Morgan fingerprint density at radius 1 is 1.30 bits per heavy atom. The molecule has 0 aliphatic carbocycles. The molecule has 0 saturated carbocycles. The van der Waals surface area contributed by atoms with Crippen LogP contribution >= 0.6 is 0 Å². The van der Waals surface area contributed by atoms with Gasteiger partial charge in [-0.05, 0) is 25.3 Å². The molecule has 20 heavy (non-hydrogen) atoms. The van der Waals surface area contributed by atoms with Crippen molar-refractivity contribution in [1.29, 1.82) is 0 Å². The first-order valence-corrected chi connectivity index (χ1v) is 6.34. The van der Waals surface area contributed by atoms with Gasteiger partial charge >= 0.3 is 12.0 Å². The maximum Gasteiger partial charge on any atom is 0.326 e. The van der Waals surface area contributed by atoms with Crippen molar-refractivity contribution in [2.24, 2.45) is 0 Å². The lowest BCUT2D eigenvalue weighted by molar-refractivity contribution is -0.139. The molecule has 0 saturated heterocycles. The summed E-state index contributed by atoms with van der Waals surface area (Å²) in [5, 5.41) is 14.0. The molecule has 0 fully saturated rings. The predicted molar refractivity (Wildman–Crippen MR) is 76.2 cm³/mol. The van der Waals surface area contributed by atoms with Gasteiger partial charge in [-0.2, -0.15) is 0 Å². The number of nitrogens with one attached hydrogen (secondary N) is 2. The van der Waals surface area contributed by atoms with E-state index in [0.29, 0.717) is 12.8 Å². The highest BCUT2D eigenvalue weighted by Crippen LogP contribution is 2.05. The van der Waals surface area contributed by atoms with Crippen LogP contribution in [0.4, 0.5) is 4.79 Å². The number of aliphatic carboxylic acids is 1. The summed E-state index contributed by atoms with van der Waals surface area (Å²) in [7, 11) is 0. The number of rotatable bonds is 6. The quantitative estimate of drug-likeness (QED) is 0.686. The second-order valence-electron chi connectivity index (χ2n) is 4.17. The zero-order valence-electron chi connectivity index (χ0n) is 11.3. The fourth-order valence-electron chi connectivity index (χ4n) is 1.64. The lowest BCUT2D eigenvalue weighted by Crippen LogP contribution is -2.46. The normalized spacial score (nSPS) is 10.8. The van der Waals surface area contributed by atoms with Crippen molar-refractivity contribution >= 4 is 12.0 Å². The number of carbonyl (C=O) groups is 2. The Labute approximate surface area is 118 Å². The molecule has 0 aliphatic rings. The molecule has 0 heterocycles. The number of aryl methyl sites for hydroxylation is 1. The van der Waals surface area contributed by atoms with Crippen LogP contribution in [0.2, 0.25) is 0 Å². The molecule has 1 rings (SSSR count). The molecule has 0 aromatic heterocycles. The molecule has 0 bridgehead atoms. The molecule has 5 nitrogen and oxygen atoms in total. The summed E-state index contributed by atoms with van der Waals surface area (Å²) in [6, 6.07) is 8.12. The van der Waals surface area contributed by atoms with E-state index in [4.69, 9.17) is 5.11 Å². The maximum absolute atomic E-state index is 11.5. The Bertz CT molecular complexity index is 503. The van der Waals surface area contributed by atoms with Crippen molar-refractivity contribution in [2.75, 3.05) is 6.54 Å². The van der Waals surface area contributed by atoms with Gasteiger partial charge < -0.3 is 15.7 Å². The van der Waals surface area contributed by atoms with Gasteiger partial charge in [-0.1, -0.05) is 36.3 Å². The van der Waals surface area contributed by atoms with E-state index in [1.54, 1.807) is 6.92 Å². The van der Waals surface area contributed by atoms with Crippen molar-refractivity contribution < 1.29 is 14.7 Å². The molecule has 2 amide bonds. The smallest absolute Gasteiger partial charge is 0.326 e. The van der Waals surface area contributed by atoms with E-state index in [-0.39, 0.29) is 6.54 Å². The molecule has 5 heteroatoms. The summed E-state index contributed by atoms with van der Waals surface area (Å²) in [4.78, 5) is 22.6. The second kappa shape index (κ2) is 8.59. The summed E-state index contributed by atoms with van der Waals surface area (Å²) in [5.41, 5.74) is 1.04. The fourth-order valence-corrected chi connectivity index (χ4v) is 1.64. The molecule has 0 aliphatic heterocycles. The standard InChI is InChI=1S/C15H18N2O3/c1-2-3-11-16-15(20)17-13(14(18)19)10-9-12-7-5-4-6-8-12/h4-8,13H,9-11H2,1H3,(H,18,19)(H2,16,17,20). The SMILES string of the molecule is CC#CCNC(=O)NC(CCc1ccccc1)C(=O)O. The number of amides is 2. The average Bonchev–Trinajstić information content (AvgIpc) is 2.44. The third-order valence-electron chi connectivity index (χ3n) is 2.68. The van der Waals surface area contributed by atoms with Gasteiger partial charge in [0.15, 0.2) is 0 Å². The Balaban J connectivity index is 2.45. The van der Waals surface area contributed by atoms with Crippen LogP contribution in [0.25, 0.3) is 0 Å². The molecule has 1 aromatic carbocycles. The van der Waals surface area contributed by atoms with Gasteiger partial charge in [0, 0.05) is 0 Å². The fraction of sp³-hybridized carbons (Fsp3) is 0.333. The molecule has 1 atom stereocenters. The highest BCUT2D eigenvalue weighted by atomic mass is 16.4. The van der Waals surface area contributed by atoms with Crippen molar-refractivity contribution in [3.63, 3.8) is 0 Å². The molecular weight excluding hydrogens is 256 g/mol. The number of benzene rings is 1. The van der Waals surface area contributed by atoms with Crippen molar-refractivity contribution in [3.8, 4) is 11.8 Å². The second-order valence-corrected chi connectivity index (χ2v) is 4.17. The highest BCUT2D eigenvalue weighted by Gasteiger charge is 2.19. The van der Waals surface area contributed by atoms with Crippen LogP contribution in [-0.2, 0) is 11.2 Å². The minimum absolute atomic E-state index is 0.202. The van der Waals surface area contributed by atoms with Gasteiger partial charge in [-0.15, -0.1) is 5.92 Å². The summed E-state index contributed by atoms with van der Waals surface area (Å²) < 4.78 is 0. The number of urea groups is 1. The molecule has 1 unspecified atom stereocenters. The Hall–Kier alpha value is -2.48. The number of hydrogen-bond acceptors (Lipinski definition) is 2. The zero-order valence-corrected chi connectivity index (χ0v) is 11.3. The number of carbonyl (C=O) groups excluding carboxylic acids is 1. The molecule has 1 aromatic rings. The molecular formula is C15H18N2O3. The molecule has 106 valence electrons. The number of carboxylic acid groups (broad SMARTS) is 1. The van der Waals surface area contributed by atoms with Gasteiger partial charge in [-0.3, -0.25) is 0 Å². The Morgan fingerprint density at radius 2 is 2.00 bits per heavy atom. The van der Waals surface area contributed by atoms with Gasteiger partial charge in [0.2, 0.25) is 0 Å². The number of carboxylic acids is 1. The predicted octanol–water partition coefficient (Wildman–Crippen LogP) is 1.39. The highest BCUT2D eigenvalue weighted by molar-refractivity contribution is 5.82. The Morgan fingerprint density at radius 3 is 2.60 bits per heavy atom. The van der Waals surface area contributed by atoms with Crippen LogP contribution in [0.15, 0.2) is 30.3 Å². The van der Waals surface area contributed by atoms with E-state index in [1.165, 1.54) is 0 Å². The lowest BCUT2D eigenvalue weighted by atomic mass is 10.1. The zero-order chi connectivity index (χ0) is 14.8. The molecule has 0 radical (unpaired) electrons. The summed E-state index contributed by atoms with van der Waals surface area (Å²) in [6.45, 7) is 1.87. The summed E-state index contributed by atoms with van der Waals surface area (Å²) in [6.07, 6.45) is 0.930. The topological polar surface area (TPSA) is 78.4 Å². The van der Waals surface area contributed by atoms with Gasteiger partial charge in [-0.25, -0.2) is 9.59 Å². The van der Waals surface area contributed by atoms with Gasteiger partial charge in [0.05, 0.1) is 6.54 Å². The maximum atomic E-state index is 11.5. The first kappa shape index (κ1) is 15.6. The van der Waals surface area contributed by atoms with Gasteiger partial charge in [0.25, 0.3) is 0 Å². The van der Waals surface area contributed by atoms with Crippen LogP contribution in [0.1, 0.15) is 18.9 Å². The monoisotopic (exact) mass is 274 g/mol. The molecule has 3 N–H and O–H groups in total. The first-order valence-electron chi connectivity index (χ1n) is 6.34. The van der Waals surface area contributed by atoms with Crippen molar-refractivity contribution in [2.45, 2.75) is 25.8 Å². The van der Waals surface area contributed by atoms with Crippen LogP contribution in [0.5, 0.6) is 0 Å². The third kappa shape index (κ3) is 5.91. The average molecular weight is 274 g/mol. The van der Waals surface area contributed by atoms with Crippen LogP contribution in [-0.4, -0.2) is 29.7 Å². The van der Waals surface area contributed by atoms with Crippen molar-refractivity contribution in [1.82, 2.24) is 10.6 Å². The van der Waals surface area contributed by atoms with Crippen LogP contribution in [0, 0.1) is 11.8 Å². The van der Waals surface area contributed by atoms with E-state index in [0.717, 1.165) is 5.56 Å². The van der Waals surface area contributed by atoms with E-state index >= 15 is 0 Å². The van der Waals surface area contributed by atoms with Crippen molar-refractivity contribution in [3.05, 3.63) is 35.9 Å². The minimum Gasteiger partial charge on any atom is -0.480 e. The third-order valence-corrected chi connectivity index (χ3v) is 2.68. The summed E-state index contributed by atoms with van der Waals surface area (Å²) >= 11 is 0. The number of hydrogen-bond donors (Lipinski definition) is 3. The largest absolute Gasteiger partial charge is 0.480 e. The lowest BCUT2D eigenvalue weighted by Gasteiger charge is -2.14. The summed E-state index contributed by atoms with van der Waals surface area (Å²) in [5.74, 6) is 4.26. The Kier molecular flexibility index (Phi) is 6.69. The first-order chi connectivity index (χ1) is 9.63. The van der Waals surface area contributed by atoms with E-state index < -0.39 is 18.0 Å². The van der Waals surface area contributed by atoms with Crippen LogP contribution in [0.3, 0.4) is 0 Å². The van der Waals surface area contributed by atoms with Crippen LogP contribution < -0.4 is 10.6 Å². The minimum atomic E-state index is -1.04. The van der Waals surface area contributed by atoms with Gasteiger partial charge in [0.1, 0.15) is 6.04 Å². The van der Waals surface area contributed by atoms with E-state index in [1.807, 2.05) is 30.3 Å². The van der Waals surface area contributed by atoms with E-state index in [9.17, 15) is 9.59 Å².